The van der Waals surface area contributed by atoms with Gasteiger partial charge in [0, 0.05) is 45.3 Å². The molecule has 0 aliphatic rings. The van der Waals surface area contributed by atoms with Gasteiger partial charge in [0.1, 0.15) is 15.7 Å². The SMILES string of the molecule is COC(=O)c1cc(-c2nc(-c3ccc(OC)cc3)cs2)ccc1-c1ccccc1[N+](=O)[O-].COC(=O)c1cc(C(N)=S)ccc1-c1ccccc1[N+](=O)[O-]. The average Bonchev–Trinajstić information content (AvgIpc) is 3.70. The Balaban J connectivity index is 0.000000223. The number of nitro benzene ring substituents is 2. The van der Waals surface area contributed by atoms with Crippen LogP contribution in [0.25, 0.3) is 44.1 Å². The number of nitrogens with two attached hydrogens (primary N) is 1. The van der Waals surface area contributed by atoms with Crippen LogP contribution in [0.4, 0.5) is 11.4 Å². The highest BCUT2D eigenvalue weighted by atomic mass is 32.1. The molecule has 0 saturated carbocycles. The van der Waals surface area contributed by atoms with E-state index in [2.05, 4.69) is 0 Å². The minimum absolute atomic E-state index is 0.0820. The number of carbonyl (C=O) groups is 2. The Morgan fingerprint density at radius 2 is 1.19 bits per heavy atom. The largest absolute Gasteiger partial charge is 0.497 e. The van der Waals surface area contributed by atoms with Gasteiger partial charge in [-0.1, -0.05) is 60.7 Å². The minimum Gasteiger partial charge on any atom is -0.497 e. The zero-order valence-electron chi connectivity index (χ0n) is 28.9. The van der Waals surface area contributed by atoms with Gasteiger partial charge in [0.05, 0.1) is 59.1 Å². The van der Waals surface area contributed by atoms with E-state index in [1.165, 1.54) is 43.8 Å². The lowest BCUT2D eigenvalue weighted by Crippen LogP contribution is -2.12. The molecule has 15 heteroatoms. The highest BCUT2D eigenvalue weighted by Crippen LogP contribution is 2.37. The maximum absolute atomic E-state index is 12.5. The standard InChI is InChI=1S/C24H18N2O5S.C15H12N2O4S/c1-30-17-10-7-15(8-11-17)21-14-32-23(25-21)16-9-12-18(20(13-16)24(27)31-2)19-5-3-4-6-22(19)26(28)29;1-21-15(18)12-8-9(14(16)22)6-7-10(12)11-4-2-3-5-13(11)17(19)20/h3-14H,1-2H3;2-8H,1H3,(H2,16,22). The second-order valence-electron chi connectivity index (χ2n) is 11.2. The fraction of sp³-hybridized carbons (Fsp3) is 0.0769. The zero-order valence-corrected chi connectivity index (χ0v) is 30.5. The van der Waals surface area contributed by atoms with E-state index < -0.39 is 21.8 Å². The Hall–Kier alpha value is -6.84. The third kappa shape index (κ3) is 8.44. The number of nitrogens with zero attached hydrogens (tertiary/aromatic N) is 3. The Morgan fingerprint density at radius 3 is 1.69 bits per heavy atom. The molecule has 0 aliphatic carbocycles. The van der Waals surface area contributed by atoms with Crippen LogP contribution < -0.4 is 10.5 Å². The van der Waals surface area contributed by atoms with Crippen molar-refractivity contribution in [2.45, 2.75) is 0 Å². The molecule has 1 heterocycles. The van der Waals surface area contributed by atoms with Crippen molar-refractivity contribution in [3.8, 4) is 49.8 Å². The van der Waals surface area contributed by atoms with Gasteiger partial charge >= 0.3 is 11.9 Å². The Morgan fingerprint density at radius 1 is 0.685 bits per heavy atom. The molecule has 5 aromatic carbocycles. The van der Waals surface area contributed by atoms with Gasteiger partial charge in [0.15, 0.2) is 0 Å². The normalized spacial score (nSPS) is 10.4. The lowest BCUT2D eigenvalue weighted by molar-refractivity contribution is -0.384. The zero-order chi connectivity index (χ0) is 38.9. The van der Waals surface area contributed by atoms with Crippen LogP contribution in [0.15, 0.2) is 115 Å². The van der Waals surface area contributed by atoms with Gasteiger partial charge in [-0.05, 0) is 48.5 Å². The van der Waals surface area contributed by atoms with Crippen LogP contribution in [0.3, 0.4) is 0 Å². The highest BCUT2D eigenvalue weighted by Gasteiger charge is 2.23. The monoisotopic (exact) mass is 762 g/mol. The first-order valence-corrected chi connectivity index (χ1v) is 17.1. The molecule has 54 heavy (non-hydrogen) atoms. The van der Waals surface area contributed by atoms with Crippen LogP contribution in [0.5, 0.6) is 5.75 Å². The van der Waals surface area contributed by atoms with Crippen LogP contribution >= 0.6 is 23.6 Å². The third-order valence-electron chi connectivity index (χ3n) is 8.05. The van der Waals surface area contributed by atoms with Crippen LogP contribution in [0, 0.1) is 20.2 Å². The van der Waals surface area contributed by atoms with E-state index in [0.717, 1.165) is 27.6 Å². The molecule has 0 aliphatic heterocycles. The lowest BCUT2D eigenvalue weighted by atomic mass is 9.96. The first kappa shape index (κ1) is 38.4. The predicted molar refractivity (Wildman–Crippen MR) is 209 cm³/mol. The number of thiazole rings is 1. The molecule has 13 nitrogen and oxygen atoms in total. The van der Waals surface area contributed by atoms with E-state index in [0.29, 0.717) is 27.8 Å². The highest BCUT2D eigenvalue weighted by molar-refractivity contribution is 7.80. The van der Waals surface area contributed by atoms with Crippen molar-refractivity contribution in [2.24, 2.45) is 5.73 Å². The number of hydrogen-bond donors (Lipinski definition) is 1. The van der Waals surface area contributed by atoms with Gasteiger partial charge in [-0.15, -0.1) is 11.3 Å². The molecule has 272 valence electrons. The number of benzene rings is 5. The molecule has 0 radical (unpaired) electrons. The summed E-state index contributed by atoms with van der Waals surface area (Å²) in [6.07, 6.45) is 0. The number of thiocarbonyl (C=S) groups is 1. The Labute approximate surface area is 317 Å². The summed E-state index contributed by atoms with van der Waals surface area (Å²) in [5.41, 5.74) is 10.2. The molecule has 0 saturated heterocycles. The smallest absolute Gasteiger partial charge is 0.338 e. The number of esters is 2. The molecule has 2 N–H and O–H groups in total. The lowest BCUT2D eigenvalue weighted by Gasteiger charge is -2.10. The summed E-state index contributed by atoms with van der Waals surface area (Å²) >= 11 is 6.33. The Kier molecular flexibility index (Phi) is 12.2. The molecule has 0 amide bonds. The molecular weight excluding hydrogens is 733 g/mol. The molecule has 6 rings (SSSR count). The van der Waals surface area contributed by atoms with E-state index in [1.54, 1.807) is 73.8 Å². The summed E-state index contributed by atoms with van der Waals surface area (Å²) < 4.78 is 14.9. The van der Waals surface area contributed by atoms with Crippen LogP contribution in [-0.4, -0.2) is 53.1 Å². The molecule has 1 aromatic heterocycles. The number of rotatable bonds is 10. The van der Waals surface area contributed by atoms with Crippen LogP contribution in [-0.2, 0) is 9.47 Å². The van der Waals surface area contributed by atoms with Gasteiger partial charge < -0.3 is 19.9 Å². The van der Waals surface area contributed by atoms with Gasteiger partial charge in [0.25, 0.3) is 11.4 Å². The summed E-state index contributed by atoms with van der Waals surface area (Å²) in [6, 6.07) is 29.9. The predicted octanol–water partition coefficient (Wildman–Crippen LogP) is 8.53. The van der Waals surface area contributed by atoms with Crippen molar-refractivity contribution in [1.82, 2.24) is 4.98 Å². The van der Waals surface area contributed by atoms with Crippen LogP contribution in [0.1, 0.15) is 26.3 Å². The van der Waals surface area contributed by atoms with E-state index in [9.17, 15) is 29.8 Å². The number of nitro groups is 2. The second-order valence-corrected chi connectivity index (χ2v) is 12.5. The Bertz CT molecular complexity index is 2390. The van der Waals surface area contributed by atoms with Gasteiger partial charge in [-0.3, -0.25) is 20.2 Å². The van der Waals surface area contributed by atoms with Crippen molar-refractivity contribution in [2.75, 3.05) is 21.3 Å². The van der Waals surface area contributed by atoms with Crippen molar-refractivity contribution < 1.29 is 33.6 Å². The topological polar surface area (TPSA) is 187 Å². The first-order chi connectivity index (χ1) is 26.0. The van der Waals surface area contributed by atoms with Gasteiger partial charge in [-0.25, -0.2) is 14.6 Å². The summed E-state index contributed by atoms with van der Waals surface area (Å²) in [7, 11) is 4.13. The van der Waals surface area contributed by atoms with Crippen molar-refractivity contribution >= 4 is 51.9 Å². The molecule has 0 spiro atoms. The van der Waals surface area contributed by atoms with E-state index in [-0.39, 0.29) is 27.5 Å². The maximum Gasteiger partial charge on any atom is 0.338 e. The van der Waals surface area contributed by atoms with Gasteiger partial charge in [-0.2, -0.15) is 0 Å². The molecule has 0 atom stereocenters. The van der Waals surface area contributed by atoms with Crippen molar-refractivity contribution in [3.63, 3.8) is 0 Å². The van der Waals surface area contributed by atoms with E-state index in [1.807, 2.05) is 29.6 Å². The fourth-order valence-electron chi connectivity index (χ4n) is 5.42. The minimum atomic E-state index is -0.619. The van der Waals surface area contributed by atoms with E-state index >= 15 is 0 Å². The maximum atomic E-state index is 12.5. The number of ether oxygens (including phenoxy) is 3. The molecule has 6 aromatic rings. The van der Waals surface area contributed by atoms with Crippen LogP contribution in [0.2, 0.25) is 0 Å². The average molecular weight is 763 g/mol. The third-order valence-corrected chi connectivity index (χ3v) is 9.18. The summed E-state index contributed by atoms with van der Waals surface area (Å²) in [4.78, 5) is 51.0. The van der Waals surface area contributed by atoms with Gasteiger partial charge in [0.2, 0.25) is 0 Å². The van der Waals surface area contributed by atoms with Crippen molar-refractivity contribution in [3.05, 3.63) is 151 Å². The first-order valence-electron chi connectivity index (χ1n) is 15.8. The number of methoxy groups -OCH3 is 3. The fourth-order valence-corrected chi connectivity index (χ4v) is 6.38. The number of hydrogen-bond acceptors (Lipinski definition) is 12. The summed E-state index contributed by atoms with van der Waals surface area (Å²) in [5.74, 6) is -0.435. The quantitative estimate of drug-likeness (QED) is 0.0607. The number of para-hydroxylation sites is 2. The second kappa shape index (κ2) is 17.1. The number of carbonyl (C=O) groups excluding carboxylic acids is 2. The molecule has 0 unspecified atom stereocenters. The molecular formula is C39H30N4O9S2. The molecule has 0 bridgehead atoms. The summed E-state index contributed by atoms with van der Waals surface area (Å²) in [5, 5.41) is 25.3. The van der Waals surface area contributed by atoms with E-state index in [4.69, 9.17) is 37.1 Å². The summed E-state index contributed by atoms with van der Waals surface area (Å²) in [6.45, 7) is 0. The molecule has 0 fully saturated rings. The number of aromatic nitrogens is 1. The van der Waals surface area contributed by atoms with Crippen molar-refractivity contribution in [1.29, 1.82) is 0 Å².